The third-order valence-electron chi connectivity index (χ3n) is 6.73. The Hall–Kier alpha value is -3.40. The Labute approximate surface area is 234 Å². The Morgan fingerprint density at radius 2 is 1.55 bits per heavy atom. The number of ether oxygens (including phenoxy) is 1. The highest BCUT2D eigenvalue weighted by Gasteiger charge is 2.37. The first-order valence-electron chi connectivity index (χ1n) is 13.3. The third-order valence-corrected chi connectivity index (χ3v) is 6.73. The molecule has 0 aliphatic carbocycles. The van der Waals surface area contributed by atoms with Crippen molar-refractivity contribution in [2.75, 3.05) is 39.8 Å². The smallest absolute Gasteiger partial charge is 0.416 e. The van der Waals surface area contributed by atoms with Crippen LogP contribution in [0, 0.1) is 6.92 Å². The van der Waals surface area contributed by atoms with Crippen LogP contribution in [0.3, 0.4) is 0 Å². The molecule has 0 radical (unpaired) electrons. The predicted molar refractivity (Wildman–Crippen MR) is 148 cm³/mol. The van der Waals surface area contributed by atoms with E-state index in [-0.39, 0.29) is 11.5 Å². The van der Waals surface area contributed by atoms with Crippen LogP contribution in [0.15, 0.2) is 48.5 Å². The number of halogens is 3. The molecular formula is C30H40F3N3O4. The minimum atomic E-state index is -4.48. The number of hydrogen-bond donors (Lipinski definition) is 0. The van der Waals surface area contributed by atoms with Crippen molar-refractivity contribution in [3.05, 3.63) is 70.8 Å². The molecule has 1 aliphatic rings. The Morgan fingerprint density at radius 3 is 2.12 bits per heavy atom. The fraction of sp³-hybridized carbons (Fsp3) is 0.500. The van der Waals surface area contributed by atoms with Crippen molar-refractivity contribution in [2.45, 2.75) is 58.4 Å². The topological polar surface area (TPSA) is 70.2 Å². The fourth-order valence-electron chi connectivity index (χ4n) is 4.76. The molecule has 7 nitrogen and oxygen atoms in total. The molecule has 220 valence electrons. The standard InChI is InChI=1S/C29H38F3N3O3.CH2O/c1-21-11-6-7-12-22(21)26(36)33(5)16-10-15-25(23-13-8-9-14-24(23)29(30,31)32)34-17-19-35(20-18-34)27(37)38-28(2,3)4;1-2/h6-9,11-14,25H,10,15-20H2,1-5H3;1H2. The van der Waals surface area contributed by atoms with E-state index in [1.165, 1.54) is 12.1 Å². The molecule has 1 saturated heterocycles. The first-order valence-corrected chi connectivity index (χ1v) is 13.3. The van der Waals surface area contributed by atoms with Crippen molar-refractivity contribution in [2.24, 2.45) is 0 Å². The molecule has 3 rings (SSSR count). The summed E-state index contributed by atoms with van der Waals surface area (Å²) in [5, 5.41) is 0. The van der Waals surface area contributed by atoms with Crippen LogP contribution in [0.5, 0.6) is 0 Å². The molecular weight excluding hydrogens is 523 g/mol. The maximum atomic E-state index is 13.9. The number of benzene rings is 2. The second kappa shape index (κ2) is 14.3. The van der Waals surface area contributed by atoms with Gasteiger partial charge < -0.3 is 19.3 Å². The maximum Gasteiger partial charge on any atom is 0.416 e. The highest BCUT2D eigenvalue weighted by atomic mass is 19.4. The molecule has 40 heavy (non-hydrogen) atoms. The third kappa shape index (κ3) is 9.08. The van der Waals surface area contributed by atoms with Gasteiger partial charge in [-0.05, 0) is 63.8 Å². The monoisotopic (exact) mass is 563 g/mol. The van der Waals surface area contributed by atoms with Crippen molar-refractivity contribution in [1.82, 2.24) is 14.7 Å². The quantitative estimate of drug-likeness (QED) is 0.415. The van der Waals surface area contributed by atoms with Gasteiger partial charge in [0, 0.05) is 51.4 Å². The molecule has 2 amide bonds. The summed E-state index contributed by atoms with van der Waals surface area (Å²) < 4.78 is 47.3. The lowest BCUT2D eigenvalue weighted by molar-refractivity contribution is -0.138. The average molecular weight is 564 g/mol. The van der Waals surface area contributed by atoms with Gasteiger partial charge in [-0.1, -0.05) is 36.4 Å². The molecule has 0 spiro atoms. The number of amides is 2. The molecule has 1 heterocycles. The van der Waals surface area contributed by atoms with E-state index in [1.807, 2.05) is 36.8 Å². The van der Waals surface area contributed by atoms with Crippen LogP contribution in [0.25, 0.3) is 0 Å². The lowest BCUT2D eigenvalue weighted by Gasteiger charge is -2.40. The van der Waals surface area contributed by atoms with E-state index in [0.717, 1.165) is 11.6 Å². The number of carbonyl (C=O) groups excluding carboxylic acids is 3. The molecule has 0 N–H and O–H groups in total. The number of piperazine rings is 1. The van der Waals surface area contributed by atoms with Gasteiger partial charge >= 0.3 is 12.3 Å². The average Bonchev–Trinajstić information content (AvgIpc) is 2.91. The van der Waals surface area contributed by atoms with Gasteiger partial charge in [0.15, 0.2) is 0 Å². The zero-order valence-electron chi connectivity index (χ0n) is 24.0. The van der Waals surface area contributed by atoms with Crippen molar-refractivity contribution < 1.29 is 32.3 Å². The number of aryl methyl sites for hydroxylation is 1. The van der Waals surface area contributed by atoms with Crippen molar-refractivity contribution in [1.29, 1.82) is 0 Å². The van der Waals surface area contributed by atoms with Crippen LogP contribution < -0.4 is 0 Å². The Bertz CT molecular complexity index is 1130. The highest BCUT2D eigenvalue weighted by molar-refractivity contribution is 5.95. The summed E-state index contributed by atoms with van der Waals surface area (Å²) in [6, 6.07) is 12.5. The fourth-order valence-corrected chi connectivity index (χ4v) is 4.76. The van der Waals surface area contributed by atoms with E-state index in [2.05, 4.69) is 0 Å². The van der Waals surface area contributed by atoms with Crippen molar-refractivity contribution >= 4 is 18.8 Å². The van der Waals surface area contributed by atoms with Gasteiger partial charge in [-0.15, -0.1) is 0 Å². The first kappa shape index (κ1) is 32.8. The lowest BCUT2D eigenvalue weighted by Crippen LogP contribution is -2.51. The molecule has 1 unspecified atom stereocenters. The van der Waals surface area contributed by atoms with E-state index >= 15 is 0 Å². The minimum Gasteiger partial charge on any atom is -0.444 e. The van der Waals surface area contributed by atoms with Crippen LogP contribution in [0.1, 0.15) is 66.7 Å². The van der Waals surface area contributed by atoms with Gasteiger partial charge in [0.1, 0.15) is 12.4 Å². The summed E-state index contributed by atoms with van der Waals surface area (Å²) in [5.41, 5.74) is 0.448. The van der Waals surface area contributed by atoms with Gasteiger partial charge in [0.05, 0.1) is 5.56 Å². The predicted octanol–water partition coefficient (Wildman–Crippen LogP) is 5.98. The van der Waals surface area contributed by atoms with Crippen molar-refractivity contribution in [3.63, 3.8) is 0 Å². The Balaban J connectivity index is 0.00000274. The summed E-state index contributed by atoms with van der Waals surface area (Å²) in [4.78, 5) is 38.6. The van der Waals surface area contributed by atoms with Crippen LogP contribution in [-0.2, 0) is 15.7 Å². The molecule has 0 bridgehead atoms. The van der Waals surface area contributed by atoms with Crippen LogP contribution >= 0.6 is 0 Å². The van der Waals surface area contributed by atoms with Crippen molar-refractivity contribution in [3.8, 4) is 0 Å². The van der Waals surface area contributed by atoms with Gasteiger partial charge in [-0.2, -0.15) is 13.2 Å². The normalized spacial score (nSPS) is 15.1. The Morgan fingerprint density at radius 1 is 0.975 bits per heavy atom. The van der Waals surface area contributed by atoms with Gasteiger partial charge in [0.2, 0.25) is 0 Å². The molecule has 0 aromatic heterocycles. The zero-order valence-corrected chi connectivity index (χ0v) is 24.0. The lowest BCUT2D eigenvalue weighted by atomic mass is 9.94. The number of rotatable bonds is 7. The molecule has 10 heteroatoms. The number of hydrogen-bond acceptors (Lipinski definition) is 5. The number of carbonyl (C=O) groups is 3. The van der Waals surface area contributed by atoms with Gasteiger partial charge in [0.25, 0.3) is 5.91 Å². The second-order valence-corrected chi connectivity index (χ2v) is 10.8. The van der Waals surface area contributed by atoms with Gasteiger partial charge in [-0.3, -0.25) is 9.69 Å². The summed E-state index contributed by atoms with van der Waals surface area (Å²) in [6.45, 7) is 11.3. The summed E-state index contributed by atoms with van der Waals surface area (Å²) in [5.74, 6) is -0.110. The van der Waals surface area contributed by atoms with E-state index < -0.39 is 29.5 Å². The number of nitrogens with zero attached hydrogens (tertiary/aromatic N) is 3. The minimum absolute atomic E-state index is 0.110. The van der Waals surface area contributed by atoms with E-state index in [4.69, 9.17) is 9.53 Å². The van der Waals surface area contributed by atoms with Crippen LogP contribution in [0.4, 0.5) is 18.0 Å². The summed E-state index contributed by atoms with van der Waals surface area (Å²) in [6.07, 6.45) is -3.94. The molecule has 2 aromatic carbocycles. The SMILES string of the molecule is C=O.Cc1ccccc1C(=O)N(C)CCCC(c1ccccc1C(F)(F)F)N1CCN(C(=O)OC(C)(C)C)CC1. The second-order valence-electron chi connectivity index (χ2n) is 10.8. The zero-order chi connectivity index (χ0) is 30.1. The largest absolute Gasteiger partial charge is 0.444 e. The maximum absolute atomic E-state index is 13.9. The Kier molecular flexibility index (Phi) is 11.7. The summed E-state index contributed by atoms with van der Waals surface area (Å²) in [7, 11) is 1.72. The molecule has 0 saturated carbocycles. The molecule has 1 fully saturated rings. The van der Waals surface area contributed by atoms with Crippen LogP contribution in [-0.4, -0.2) is 78.9 Å². The summed E-state index contributed by atoms with van der Waals surface area (Å²) >= 11 is 0. The molecule has 2 aromatic rings. The highest BCUT2D eigenvalue weighted by Crippen LogP contribution is 2.38. The first-order chi connectivity index (χ1) is 18.8. The van der Waals surface area contributed by atoms with E-state index in [0.29, 0.717) is 51.1 Å². The van der Waals surface area contributed by atoms with E-state index in [1.54, 1.807) is 49.8 Å². The van der Waals surface area contributed by atoms with E-state index in [9.17, 15) is 22.8 Å². The molecule has 1 aliphatic heterocycles. The van der Waals surface area contributed by atoms with Gasteiger partial charge in [-0.25, -0.2) is 4.79 Å². The van der Waals surface area contributed by atoms with Crippen LogP contribution in [0.2, 0.25) is 0 Å². The number of alkyl halides is 3. The molecule has 1 atom stereocenters.